The van der Waals surface area contributed by atoms with Crippen molar-refractivity contribution in [3.63, 3.8) is 0 Å². The highest BCUT2D eigenvalue weighted by Gasteiger charge is 2.24. The Kier molecular flexibility index (Phi) is 5.01. The van der Waals surface area contributed by atoms with Crippen LogP contribution in [0.15, 0.2) is 24.3 Å². The maximum atomic E-state index is 10.9. The van der Waals surface area contributed by atoms with Crippen LogP contribution in [-0.2, 0) is 16.0 Å². The van der Waals surface area contributed by atoms with Crippen molar-refractivity contribution < 1.29 is 9.53 Å². The molecule has 4 nitrogen and oxygen atoms in total. The molecule has 110 valence electrons. The van der Waals surface area contributed by atoms with Crippen LogP contribution in [0.3, 0.4) is 0 Å². The molecule has 1 amide bonds. The van der Waals surface area contributed by atoms with Crippen LogP contribution in [0.25, 0.3) is 0 Å². The molecular weight excluding hydrogens is 252 g/mol. The fourth-order valence-electron chi connectivity index (χ4n) is 2.58. The summed E-state index contributed by atoms with van der Waals surface area (Å²) in [4.78, 5) is 10.9. The fourth-order valence-corrected chi connectivity index (χ4v) is 2.58. The molecule has 2 unspecified atom stereocenters. The molecule has 0 radical (unpaired) electrons. The number of primary amides is 1. The molecule has 1 aromatic rings. The van der Waals surface area contributed by atoms with Crippen LogP contribution < -0.4 is 11.1 Å². The van der Waals surface area contributed by atoms with E-state index >= 15 is 0 Å². The van der Waals surface area contributed by atoms with E-state index in [1.807, 2.05) is 24.3 Å². The summed E-state index contributed by atoms with van der Waals surface area (Å²) in [7, 11) is 0. The summed E-state index contributed by atoms with van der Waals surface area (Å²) in [6.45, 7) is 5.22. The molecule has 3 N–H and O–H groups in total. The molecule has 0 aromatic heterocycles. The van der Waals surface area contributed by atoms with E-state index in [1.165, 1.54) is 0 Å². The van der Waals surface area contributed by atoms with Crippen LogP contribution in [0.2, 0.25) is 0 Å². The summed E-state index contributed by atoms with van der Waals surface area (Å²) in [5.74, 6) is 0.257. The van der Waals surface area contributed by atoms with Crippen LogP contribution in [-0.4, -0.2) is 24.7 Å². The third kappa shape index (κ3) is 4.23. The number of nitrogens with two attached hydrogens (primary N) is 1. The highest BCUT2D eigenvalue weighted by molar-refractivity contribution is 5.76. The van der Waals surface area contributed by atoms with Gasteiger partial charge in [0.15, 0.2) is 0 Å². The van der Waals surface area contributed by atoms with Gasteiger partial charge >= 0.3 is 0 Å². The molecule has 0 saturated carbocycles. The van der Waals surface area contributed by atoms with Gasteiger partial charge in [0.2, 0.25) is 5.91 Å². The van der Waals surface area contributed by atoms with Gasteiger partial charge in [0.1, 0.15) is 0 Å². The van der Waals surface area contributed by atoms with Gasteiger partial charge in [0.05, 0.1) is 12.5 Å². The predicted molar refractivity (Wildman–Crippen MR) is 80.6 cm³/mol. The molecule has 1 aliphatic rings. The summed E-state index contributed by atoms with van der Waals surface area (Å²) >= 11 is 0. The molecule has 2 rings (SSSR count). The van der Waals surface area contributed by atoms with E-state index in [9.17, 15) is 4.79 Å². The van der Waals surface area contributed by atoms with Crippen molar-refractivity contribution in [2.75, 3.05) is 11.9 Å². The Bertz CT molecular complexity index is 442. The third-order valence-electron chi connectivity index (χ3n) is 3.76. The van der Waals surface area contributed by atoms with E-state index in [1.54, 1.807) is 0 Å². The number of rotatable bonds is 5. The van der Waals surface area contributed by atoms with Crippen molar-refractivity contribution in [2.45, 2.75) is 45.3 Å². The molecule has 4 heteroatoms. The lowest BCUT2D eigenvalue weighted by molar-refractivity contribution is -0.117. The highest BCUT2D eigenvalue weighted by Crippen LogP contribution is 2.23. The Morgan fingerprint density at radius 3 is 2.70 bits per heavy atom. The molecule has 0 aliphatic carbocycles. The number of carbonyl (C=O) groups is 1. The minimum atomic E-state index is -0.296. The monoisotopic (exact) mass is 276 g/mol. The van der Waals surface area contributed by atoms with Gasteiger partial charge in [-0.15, -0.1) is 0 Å². The molecule has 2 atom stereocenters. The number of nitrogens with one attached hydrogen (secondary N) is 1. The second kappa shape index (κ2) is 6.75. The molecule has 1 fully saturated rings. The molecule has 0 spiro atoms. The first kappa shape index (κ1) is 14.9. The Morgan fingerprint density at radius 2 is 2.10 bits per heavy atom. The summed E-state index contributed by atoms with van der Waals surface area (Å²) in [5, 5.41) is 3.55. The second-order valence-electron chi connectivity index (χ2n) is 5.86. The number of ether oxygens (including phenoxy) is 1. The zero-order valence-corrected chi connectivity index (χ0v) is 12.3. The molecule has 1 aromatic carbocycles. The number of benzene rings is 1. The van der Waals surface area contributed by atoms with Crippen molar-refractivity contribution in [2.24, 2.45) is 11.7 Å². The normalized spacial score (nSPS) is 22.8. The van der Waals surface area contributed by atoms with Crippen molar-refractivity contribution in [3.8, 4) is 0 Å². The molecular formula is C16H24N2O2. The molecule has 1 aliphatic heterocycles. The van der Waals surface area contributed by atoms with Gasteiger partial charge in [-0.3, -0.25) is 4.79 Å². The van der Waals surface area contributed by atoms with E-state index in [-0.39, 0.29) is 5.91 Å². The number of amides is 1. The second-order valence-corrected chi connectivity index (χ2v) is 5.86. The Hall–Kier alpha value is -1.55. The zero-order chi connectivity index (χ0) is 14.5. The van der Waals surface area contributed by atoms with E-state index in [2.05, 4.69) is 19.2 Å². The first-order chi connectivity index (χ1) is 9.54. The zero-order valence-electron chi connectivity index (χ0n) is 12.3. The Morgan fingerprint density at radius 1 is 1.40 bits per heavy atom. The van der Waals surface area contributed by atoms with Crippen molar-refractivity contribution in [1.29, 1.82) is 0 Å². The van der Waals surface area contributed by atoms with Gasteiger partial charge in [-0.25, -0.2) is 0 Å². The van der Waals surface area contributed by atoms with Gasteiger partial charge < -0.3 is 15.8 Å². The maximum absolute atomic E-state index is 10.9. The van der Waals surface area contributed by atoms with Crippen molar-refractivity contribution in [1.82, 2.24) is 0 Å². The lowest BCUT2D eigenvalue weighted by atomic mass is 9.95. The Balaban J connectivity index is 1.91. The molecule has 20 heavy (non-hydrogen) atoms. The summed E-state index contributed by atoms with van der Waals surface area (Å²) in [6, 6.07) is 8.38. The van der Waals surface area contributed by atoms with E-state index in [0.717, 1.165) is 30.7 Å². The van der Waals surface area contributed by atoms with Gasteiger partial charge in [-0.1, -0.05) is 26.0 Å². The van der Waals surface area contributed by atoms with Gasteiger partial charge in [-0.05, 0) is 36.5 Å². The maximum Gasteiger partial charge on any atom is 0.221 e. The van der Waals surface area contributed by atoms with Crippen LogP contribution in [0.4, 0.5) is 5.69 Å². The number of hydrogen-bond acceptors (Lipinski definition) is 3. The predicted octanol–water partition coefficient (Wildman–Crippen LogP) is 2.33. The largest absolute Gasteiger partial charge is 0.382 e. The van der Waals surface area contributed by atoms with Crippen LogP contribution in [0.5, 0.6) is 0 Å². The van der Waals surface area contributed by atoms with Crippen molar-refractivity contribution in [3.05, 3.63) is 29.8 Å². The first-order valence-corrected chi connectivity index (χ1v) is 7.30. The minimum Gasteiger partial charge on any atom is -0.382 e. The van der Waals surface area contributed by atoms with E-state index in [4.69, 9.17) is 10.5 Å². The SMILES string of the molecule is CC(C)C1CC(Nc2ccc(CC(N)=O)cc2)CCO1. The number of carbonyl (C=O) groups excluding carboxylic acids is 1. The highest BCUT2D eigenvalue weighted by atomic mass is 16.5. The van der Waals surface area contributed by atoms with Crippen LogP contribution >= 0.6 is 0 Å². The summed E-state index contributed by atoms with van der Waals surface area (Å²) in [5.41, 5.74) is 7.23. The summed E-state index contributed by atoms with van der Waals surface area (Å²) < 4.78 is 5.78. The third-order valence-corrected chi connectivity index (χ3v) is 3.76. The molecule has 1 heterocycles. The minimum absolute atomic E-state index is 0.296. The average Bonchev–Trinajstić information content (AvgIpc) is 2.41. The standard InChI is InChI=1S/C16H24N2O2/c1-11(2)15-10-14(7-8-20-15)18-13-5-3-12(4-6-13)9-16(17)19/h3-6,11,14-15,18H,7-10H2,1-2H3,(H2,17,19). The topological polar surface area (TPSA) is 64.3 Å². The smallest absolute Gasteiger partial charge is 0.221 e. The quantitative estimate of drug-likeness (QED) is 0.867. The van der Waals surface area contributed by atoms with Gasteiger partial charge in [0.25, 0.3) is 0 Å². The van der Waals surface area contributed by atoms with Crippen LogP contribution in [0, 0.1) is 5.92 Å². The number of hydrogen-bond donors (Lipinski definition) is 2. The van der Waals surface area contributed by atoms with E-state index < -0.39 is 0 Å². The average molecular weight is 276 g/mol. The summed E-state index contributed by atoms with van der Waals surface area (Å²) in [6.07, 6.45) is 2.72. The molecule has 1 saturated heterocycles. The first-order valence-electron chi connectivity index (χ1n) is 7.30. The fraction of sp³-hybridized carbons (Fsp3) is 0.562. The lowest BCUT2D eigenvalue weighted by Crippen LogP contribution is -2.36. The van der Waals surface area contributed by atoms with Gasteiger partial charge in [-0.2, -0.15) is 0 Å². The van der Waals surface area contributed by atoms with Gasteiger partial charge in [0, 0.05) is 18.3 Å². The van der Waals surface area contributed by atoms with Crippen molar-refractivity contribution >= 4 is 11.6 Å². The van der Waals surface area contributed by atoms with E-state index in [0.29, 0.717) is 24.5 Å². The number of anilines is 1. The molecule has 0 bridgehead atoms. The Labute approximate surface area is 120 Å². The lowest BCUT2D eigenvalue weighted by Gasteiger charge is -2.33. The van der Waals surface area contributed by atoms with Crippen LogP contribution in [0.1, 0.15) is 32.3 Å².